The number of piperazine rings is 1. The third-order valence-corrected chi connectivity index (χ3v) is 4.86. The smallest absolute Gasteiger partial charge is 0.259 e. The van der Waals surface area contributed by atoms with Gasteiger partial charge in [-0.1, -0.05) is 18.2 Å². The SMILES string of the molecule is C/C(=C(/C#N)C(N)=O)c1ccc2cc(N3CCN(C)CC3)ccc2c1. The van der Waals surface area contributed by atoms with Crippen molar-refractivity contribution in [3.05, 3.63) is 47.5 Å². The third kappa shape index (κ3) is 3.49. The maximum Gasteiger partial charge on any atom is 0.259 e. The highest BCUT2D eigenvalue weighted by Gasteiger charge is 2.15. The molecule has 128 valence electrons. The van der Waals surface area contributed by atoms with Crippen molar-refractivity contribution >= 4 is 27.9 Å². The monoisotopic (exact) mass is 334 g/mol. The predicted molar refractivity (Wildman–Crippen MR) is 101 cm³/mol. The minimum Gasteiger partial charge on any atom is -0.369 e. The first-order chi connectivity index (χ1) is 12.0. The normalized spacial score (nSPS) is 16.4. The Balaban J connectivity index is 1.94. The zero-order valence-electron chi connectivity index (χ0n) is 14.6. The van der Waals surface area contributed by atoms with E-state index in [-0.39, 0.29) is 5.57 Å². The van der Waals surface area contributed by atoms with Gasteiger partial charge in [-0.15, -0.1) is 0 Å². The number of rotatable bonds is 3. The first kappa shape index (κ1) is 17.0. The van der Waals surface area contributed by atoms with Crippen LogP contribution < -0.4 is 10.6 Å². The Kier molecular flexibility index (Phi) is 4.73. The molecule has 0 bridgehead atoms. The lowest BCUT2D eigenvalue weighted by Gasteiger charge is -2.34. The number of hydrogen-bond donors (Lipinski definition) is 1. The molecule has 1 amide bonds. The van der Waals surface area contributed by atoms with Gasteiger partial charge in [-0.3, -0.25) is 4.79 Å². The van der Waals surface area contributed by atoms with Crippen LogP contribution in [-0.4, -0.2) is 44.0 Å². The first-order valence-corrected chi connectivity index (χ1v) is 8.38. The lowest BCUT2D eigenvalue weighted by Crippen LogP contribution is -2.44. The van der Waals surface area contributed by atoms with E-state index in [0.717, 1.165) is 42.5 Å². The van der Waals surface area contributed by atoms with Crippen molar-refractivity contribution in [1.82, 2.24) is 4.90 Å². The fraction of sp³-hybridized carbons (Fsp3) is 0.300. The van der Waals surface area contributed by atoms with E-state index in [9.17, 15) is 4.79 Å². The molecule has 0 atom stereocenters. The number of hydrogen-bond acceptors (Lipinski definition) is 4. The molecule has 1 aliphatic heterocycles. The van der Waals surface area contributed by atoms with Gasteiger partial charge in [0.05, 0.1) is 0 Å². The van der Waals surface area contributed by atoms with Gasteiger partial charge >= 0.3 is 0 Å². The molecule has 5 nitrogen and oxygen atoms in total. The molecular weight excluding hydrogens is 312 g/mol. The van der Waals surface area contributed by atoms with Gasteiger partial charge in [-0.2, -0.15) is 5.26 Å². The Hall–Kier alpha value is -2.84. The molecule has 0 spiro atoms. The zero-order valence-corrected chi connectivity index (χ0v) is 14.6. The lowest BCUT2D eigenvalue weighted by atomic mass is 9.98. The summed E-state index contributed by atoms with van der Waals surface area (Å²) >= 11 is 0. The van der Waals surface area contributed by atoms with Crippen molar-refractivity contribution < 1.29 is 4.79 Å². The van der Waals surface area contributed by atoms with Crippen LogP contribution in [0.4, 0.5) is 5.69 Å². The second-order valence-electron chi connectivity index (χ2n) is 6.51. The molecule has 2 aromatic carbocycles. The fourth-order valence-electron chi connectivity index (χ4n) is 3.20. The highest BCUT2D eigenvalue weighted by atomic mass is 16.1. The summed E-state index contributed by atoms with van der Waals surface area (Å²) in [5.41, 5.74) is 7.98. The number of nitriles is 1. The van der Waals surface area contributed by atoms with Crippen LogP contribution in [0.1, 0.15) is 12.5 Å². The van der Waals surface area contributed by atoms with Gasteiger partial charge in [0.1, 0.15) is 11.6 Å². The quantitative estimate of drug-likeness (QED) is 0.691. The fourth-order valence-corrected chi connectivity index (χ4v) is 3.20. The summed E-state index contributed by atoms with van der Waals surface area (Å²) in [6.45, 7) is 5.97. The predicted octanol–water partition coefficient (Wildman–Crippen LogP) is 2.37. The average Bonchev–Trinajstić information content (AvgIpc) is 2.61. The van der Waals surface area contributed by atoms with E-state index in [2.05, 4.69) is 35.0 Å². The number of anilines is 1. The zero-order chi connectivity index (χ0) is 18.0. The number of likely N-dealkylation sites (N-methyl/N-ethyl adjacent to an activating group) is 1. The van der Waals surface area contributed by atoms with Crippen LogP contribution in [0.15, 0.2) is 42.0 Å². The molecule has 1 saturated heterocycles. The Bertz CT molecular complexity index is 886. The van der Waals surface area contributed by atoms with E-state index >= 15 is 0 Å². The summed E-state index contributed by atoms with van der Waals surface area (Å²) in [6.07, 6.45) is 0. The summed E-state index contributed by atoms with van der Waals surface area (Å²) in [5, 5.41) is 11.3. The first-order valence-electron chi connectivity index (χ1n) is 8.38. The number of carbonyl (C=O) groups is 1. The summed E-state index contributed by atoms with van der Waals surface area (Å²) in [7, 11) is 2.15. The van der Waals surface area contributed by atoms with E-state index in [1.807, 2.05) is 24.3 Å². The van der Waals surface area contributed by atoms with E-state index in [0.29, 0.717) is 5.57 Å². The van der Waals surface area contributed by atoms with Crippen molar-refractivity contribution in [2.75, 3.05) is 38.1 Å². The standard InChI is InChI=1S/C20H22N4O/c1-14(19(13-21)20(22)25)15-3-4-17-12-18(6-5-16(17)11-15)24-9-7-23(2)8-10-24/h3-6,11-12H,7-10H2,1-2H3,(H2,22,25)/b19-14+. The van der Waals surface area contributed by atoms with Crippen molar-refractivity contribution in [3.63, 3.8) is 0 Å². The Labute approximate surface area is 147 Å². The van der Waals surface area contributed by atoms with Gasteiger partial charge < -0.3 is 15.5 Å². The Morgan fingerprint density at radius 2 is 1.72 bits per heavy atom. The number of carbonyl (C=O) groups excluding carboxylic acids is 1. The van der Waals surface area contributed by atoms with E-state index in [1.54, 1.807) is 6.92 Å². The third-order valence-electron chi connectivity index (χ3n) is 4.86. The molecule has 0 unspecified atom stereocenters. The van der Waals surface area contributed by atoms with Crippen LogP contribution in [0.3, 0.4) is 0 Å². The molecule has 0 saturated carbocycles. The molecule has 1 aliphatic rings. The molecule has 1 fully saturated rings. The summed E-state index contributed by atoms with van der Waals surface area (Å²) < 4.78 is 0. The maximum atomic E-state index is 11.4. The molecule has 2 aromatic rings. The van der Waals surface area contributed by atoms with Crippen LogP contribution in [-0.2, 0) is 4.79 Å². The molecule has 3 rings (SSSR count). The molecule has 2 N–H and O–H groups in total. The molecule has 0 radical (unpaired) electrons. The van der Waals surface area contributed by atoms with Crippen LogP contribution >= 0.6 is 0 Å². The van der Waals surface area contributed by atoms with E-state index in [4.69, 9.17) is 11.0 Å². The van der Waals surface area contributed by atoms with Crippen molar-refractivity contribution in [2.45, 2.75) is 6.92 Å². The summed E-state index contributed by atoms with van der Waals surface area (Å²) in [6, 6.07) is 14.3. The van der Waals surface area contributed by atoms with Gasteiger partial charge in [0, 0.05) is 31.9 Å². The molecule has 0 aromatic heterocycles. The number of amides is 1. The van der Waals surface area contributed by atoms with Gasteiger partial charge in [0.2, 0.25) is 0 Å². The molecular formula is C20H22N4O. The van der Waals surface area contributed by atoms with E-state index < -0.39 is 5.91 Å². The Morgan fingerprint density at radius 3 is 2.36 bits per heavy atom. The minimum absolute atomic E-state index is 0.00778. The van der Waals surface area contributed by atoms with Gasteiger partial charge in [-0.05, 0) is 54.1 Å². The second-order valence-corrected chi connectivity index (χ2v) is 6.51. The average molecular weight is 334 g/mol. The molecule has 0 aliphatic carbocycles. The summed E-state index contributed by atoms with van der Waals surface area (Å²) in [5.74, 6) is -0.689. The van der Waals surface area contributed by atoms with Gasteiger partial charge in [0.15, 0.2) is 0 Å². The second kappa shape index (κ2) is 6.96. The van der Waals surface area contributed by atoms with Crippen molar-refractivity contribution in [2.24, 2.45) is 5.73 Å². The maximum absolute atomic E-state index is 11.4. The number of primary amides is 1. The van der Waals surface area contributed by atoms with Crippen molar-refractivity contribution in [3.8, 4) is 6.07 Å². The number of nitrogens with zero attached hydrogens (tertiary/aromatic N) is 3. The van der Waals surface area contributed by atoms with Crippen LogP contribution in [0, 0.1) is 11.3 Å². The minimum atomic E-state index is -0.689. The lowest BCUT2D eigenvalue weighted by molar-refractivity contribution is -0.114. The number of fused-ring (bicyclic) bond motifs is 1. The number of allylic oxidation sites excluding steroid dienone is 1. The van der Waals surface area contributed by atoms with Crippen LogP contribution in [0.25, 0.3) is 16.3 Å². The topological polar surface area (TPSA) is 73.4 Å². The van der Waals surface area contributed by atoms with Gasteiger partial charge in [0.25, 0.3) is 5.91 Å². The molecule has 5 heteroatoms. The number of nitrogens with two attached hydrogens (primary N) is 1. The van der Waals surface area contributed by atoms with Gasteiger partial charge in [-0.25, -0.2) is 0 Å². The highest BCUT2D eigenvalue weighted by Crippen LogP contribution is 2.27. The van der Waals surface area contributed by atoms with E-state index in [1.165, 1.54) is 5.69 Å². The molecule has 1 heterocycles. The largest absolute Gasteiger partial charge is 0.369 e. The van der Waals surface area contributed by atoms with Crippen molar-refractivity contribution in [1.29, 1.82) is 5.26 Å². The molecule has 25 heavy (non-hydrogen) atoms. The highest BCUT2D eigenvalue weighted by molar-refractivity contribution is 6.04. The van der Waals surface area contributed by atoms with Crippen LogP contribution in [0.5, 0.6) is 0 Å². The Morgan fingerprint density at radius 1 is 1.08 bits per heavy atom. The van der Waals surface area contributed by atoms with Crippen LogP contribution in [0.2, 0.25) is 0 Å². The summed E-state index contributed by atoms with van der Waals surface area (Å²) in [4.78, 5) is 16.1. The number of benzene rings is 2.